The molecule has 6 aromatic rings. The number of nitrogens with two attached hydrogens (primary N) is 3. The van der Waals surface area contributed by atoms with Crippen molar-refractivity contribution in [3.63, 3.8) is 0 Å². The highest BCUT2D eigenvalue weighted by Crippen LogP contribution is 2.31. The Balaban J connectivity index is 0.000000221. The van der Waals surface area contributed by atoms with E-state index < -0.39 is 17.1 Å². The molecule has 0 heterocycles. The van der Waals surface area contributed by atoms with Gasteiger partial charge >= 0.3 is 0 Å². The van der Waals surface area contributed by atoms with E-state index in [1.54, 1.807) is 24.3 Å². The van der Waals surface area contributed by atoms with Gasteiger partial charge in [0.15, 0.2) is 5.69 Å². The summed E-state index contributed by atoms with van der Waals surface area (Å²) in [7, 11) is 0. The number of nitro benzene ring substituents is 1. The third kappa shape index (κ3) is 13.9. The monoisotopic (exact) mass is 784 g/mol. The Kier molecular flexibility index (Phi) is 16.4. The number of rotatable bonds is 19. The largest absolute Gasteiger partial charge is 0.489 e. The summed E-state index contributed by atoms with van der Waals surface area (Å²) in [5.41, 5.74) is 22.9. The molecule has 6 aromatic carbocycles. The maximum Gasteiger partial charge on any atom is 0.295 e. The molecule has 0 aliphatic rings. The Labute approximate surface area is 339 Å². The van der Waals surface area contributed by atoms with Crippen LogP contribution >= 0.6 is 0 Å². The Morgan fingerprint density at radius 3 is 1.21 bits per heavy atom. The number of aliphatic hydroxyl groups excluding tert-OH is 2. The lowest BCUT2D eigenvalue weighted by Gasteiger charge is -2.25. The summed E-state index contributed by atoms with van der Waals surface area (Å²) in [4.78, 5) is 14.8. The highest BCUT2D eigenvalue weighted by Gasteiger charge is 2.19. The first-order chi connectivity index (χ1) is 28.1. The lowest BCUT2D eigenvalue weighted by atomic mass is 10.1. The number of benzene rings is 6. The predicted octanol–water partition coefficient (Wildman–Crippen LogP) is 6.91. The molecule has 302 valence electrons. The van der Waals surface area contributed by atoms with Gasteiger partial charge in [0.2, 0.25) is 0 Å². The normalized spacial score (nSPS) is 12.0. The zero-order valence-electron chi connectivity index (χ0n) is 32.4. The van der Waals surface area contributed by atoms with Gasteiger partial charge in [-0.25, -0.2) is 0 Å². The van der Waals surface area contributed by atoms with E-state index in [9.17, 15) is 20.3 Å². The van der Waals surface area contributed by atoms with Crippen LogP contribution in [0.2, 0.25) is 0 Å². The number of anilines is 3. The SMILES string of the molecule is Nc1c(OC[C@@H](O)CN(Cc2ccccc2)Cc2ccccc2)cccc1[N+](=O)[O-].Nc1cccc(OC[C@@H](O)CN(Cc2ccccc2)Cc2ccccc2)c1N. The molecule has 0 amide bonds. The molecule has 12 heteroatoms. The quantitative estimate of drug-likeness (QED) is 0.0326. The van der Waals surface area contributed by atoms with Gasteiger partial charge < -0.3 is 36.9 Å². The molecular weight excluding hydrogens is 733 g/mol. The molecule has 0 bridgehead atoms. The van der Waals surface area contributed by atoms with Crippen molar-refractivity contribution in [3.05, 3.63) is 190 Å². The maximum absolute atomic E-state index is 11.0. The number of ether oxygens (including phenoxy) is 2. The van der Waals surface area contributed by atoms with Crippen LogP contribution in [-0.4, -0.2) is 63.4 Å². The molecule has 0 saturated heterocycles. The van der Waals surface area contributed by atoms with Crippen molar-refractivity contribution in [2.75, 3.05) is 43.5 Å². The second-order valence-corrected chi connectivity index (χ2v) is 13.9. The van der Waals surface area contributed by atoms with Crippen molar-refractivity contribution >= 4 is 22.7 Å². The molecular formula is C46H52N6O6. The first-order valence-corrected chi connectivity index (χ1v) is 19.0. The number of para-hydroxylation sites is 2. The number of nitrogen functional groups attached to an aromatic ring is 3. The van der Waals surface area contributed by atoms with Gasteiger partial charge in [0.25, 0.3) is 5.69 Å². The molecule has 0 aromatic heterocycles. The predicted molar refractivity (Wildman–Crippen MR) is 230 cm³/mol. The zero-order valence-corrected chi connectivity index (χ0v) is 32.4. The van der Waals surface area contributed by atoms with E-state index in [2.05, 4.69) is 34.1 Å². The Bertz CT molecular complexity index is 2030. The van der Waals surface area contributed by atoms with Crippen molar-refractivity contribution in [3.8, 4) is 11.5 Å². The molecule has 6 rings (SSSR count). The summed E-state index contributed by atoms with van der Waals surface area (Å²) in [5, 5.41) is 32.1. The Morgan fingerprint density at radius 1 is 0.500 bits per heavy atom. The van der Waals surface area contributed by atoms with Gasteiger partial charge in [0.1, 0.15) is 36.9 Å². The van der Waals surface area contributed by atoms with Crippen LogP contribution in [0.4, 0.5) is 22.7 Å². The molecule has 0 radical (unpaired) electrons. The Hall–Kier alpha value is -6.44. The van der Waals surface area contributed by atoms with Crippen LogP contribution in [0.25, 0.3) is 0 Å². The average Bonchev–Trinajstić information content (AvgIpc) is 3.22. The number of aliphatic hydroxyl groups is 2. The maximum atomic E-state index is 11.0. The first-order valence-electron chi connectivity index (χ1n) is 19.0. The zero-order chi connectivity index (χ0) is 41.1. The van der Waals surface area contributed by atoms with Gasteiger partial charge in [-0.15, -0.1) is 0 Å². The number of nitrogens with zero attached hydrogens (tertiary/aromatic N) is 3. The van der Waals surface area contributed by atoms with E-state index in [4.69, 9.17) is 26.7 Å². The van der Waals surface area contributed by atoms with Crippen molar-refractivity contribution in [1.82, 2.24) is 9.80 Å². The molecule has 0 spiro atoms. The van der Waals surface area contributed by atoms with Crippen molar-refractivity contribution in [1.29, 1.82) is 0 Å². The second-order valence-electron chi connectivity index (χ2n) is 13.9. The van der Waals surface area contributed by atoms with E-state index in [0.29, 0.717) is 43.3 Å². The van der Waals surface area contributed by atoms with Crippen LogP contribution in [0.3, 0.4) is 0 Å². The van der Waals surface area contributed by atoms with Crippen LogP contribution in [0.1, 0.15) is 22.3 Å². The molecule has 8 N–H and O–H groups in total. The molecule has 0 fully saturated rings. The minimum absolute atomic E-state index is 0.0224. The lowest BCUT2D eigenvalue weighted by Crippen LogP contribution is -2.35. The molecule has 2 atom stereocenters. The summed E-state index contributed by atoms with van der Waals surface area (Å²) in [6, 6.07) is 50.2. The average molecular weight is 785 g/mol. The second kappa shape index (κ2) is 22.3. The Morgan fingerprint density at radius 2 is 0.845 bits per heavy atom. The fourth-order valence-electron chi connectivity index (χ4n) is 6.31. The fourth-order valence-corrected chi connectivity index (χ4v) is 6.31. The highest BCUT2D eigenvalue weighted by atomic mass is 16.6. The van der Waals surface area contributed by atoms with Gasteiger partial charge in [-0.05, 0) is 40.5 Å². The summed E-state index contributed by atoms with van der Waals surface area (Å²) in [6.45, 7) is 3.81. The topological polar surface area (TPSA) is 187 Å². The van der Waals surface area contributed by atoms with Gasteiger partial charge in [-0.3, -0.25) is 19.9 Å². The van der Waals surface area contributed by atoms with Crippen molar-refractivity contribution in [2.24, 2.45) is 0 Å². The molecule has 0 aliphatic heterocycles. The van der Waals surface area contributed by atoms with E-state index in [1.807, 2.05) is 97.1 Å². The van der Waals surface area contributed by atoms with Gasteiger partial charge in [-0.2, -0.15) is 0 Å². The van der Waals surface area contributed by atoms with Gasteiger partial charge in [0, 0.05) is 45.3 Å². The smallest absolute Gasteiger partial charge is 0.295 e. The summed E-state index contributed by atoms with van der Waals surface area (Å²) < 4.78 is 11.3. The summed E-state index contributed by atoms with van der Waals surface area (Å²) >= 11 is 0. The molecule has 58 heavy (non-hydrogen) atoms. The third-order valence-electron chi connectivity index (χ3n) is 9.14. The van der Waals surface area contributed by atoms with E-state index in [-0.39, 0.29) is 30.3 Å². The van der Waals surface area contributed by atoms with Gasteiger partial charge in [-0.1, -0.05) is 133 Å². The number of hydrogen-bond acceptors (Lipinski definition) is 11. The van der Waals surface area contributed by atoms with E-state index in [1.165, 1.54) is 23.3 Å². The standard InChI is InChI=1S/C23H25N3O4.C23H27N3O2/c24-23-21(26(28)29)12-7-13-22(23)30-17-20(27)16-25(14-18-8-3-1-4-9-18)15-19-10-5-2-6-11-19;24-21-12-7-13-22(23(21)25)28-17-20(27)16-26(14-18-8-3-1-4-9-18)15-19-10-5-2-6-11-19/h1-13,20,27H,14-17,24H2;1-13,20,27H,14-17,24-25H2/t2*20-/m00/s1. The van der Waals surface area contributed by atoms with Crippen LogP contribution < -0.4 is 26.7 Å². The van der Waals surface area contributed by atoms with Crippen LogP contribution in [0.5, 0.6) is 11.5 Å². The number of hydrogen-bond donors (Lipinski definition) is 5. The van der Waals surface area contributed by atoms with Crippen LogP contribution in [0.15, 0.2) is 158 Å². The molecule has 0 aliphatic carbocycles. The third-order valence-corrected chi connectivity index (χ3v) is 9.14. The van der Waals surface area contributed by atoms with Crippen LogP contribution in [0, 0.1) is 10.1 Å². The summed E-state index contributed by atoms with van der Waals surface area (Å²) in [6.07, 6.45) is -1.45. The molecule has 0 unspecified atom stereocenters. The summed E-state index contributed by atoms with van der Waals surface area (Å²) in [5.74, 6) is 0.692. The minimum Gasteiger partial charge on any atom is -0.489 e. The lowest BCUT2D eigenvalue weighted by molar-refractivity contribution is -0.384. The highest BCUT2D eigenvalue weighted by molar-refractivity contribution is 5.70. The molecule has 0 saturated carbocycles. The van der Waals surface area contributed by atoms with Crippen molar-refractivity contribution < 1.29 is 24.6 Å². The first kappa shape index (κ1) is 42.7. The van der Waals surface area contributed by atoms with Crippen molar-refractivity contribution in [2.45, 2.75) is 38.4 Å². The van der Waals surface area contributed by atoms with Crippen LogP contribution in [-0.2, 0) is 26.2 Å². The van der Waals surface area contributed by atoms with E-state index >= 15 is 0 Å². The van der Waals surface area contributed by atoms with E-state index in [0.717, 1.165) is 24.2 Å². The molecule has 12 nitrogen and oxygen atoms in total. The fraction of sp³-hybridized carbons (Fsp3) is 0.217. The number of nitro groups is 1. The van der Waals surface area contributed by atoms with Gasteiger partial charge in [0.05, 0.1) is 16.3 Å². The minimum atomic E-state index is -0.795.